The first kappa shape index (κ1) is 26.8. The van der Waals surface area contributed by atoms with Gasteiger partial charge in [-0.3, -0.25) is 14.3 Å². The molecule has 2 heterocycles. The smallest absolute Gasteiger partial charge is 0.273 e. The maximum atomic E-state index is 14.0. The molecule has 9 heteroatoms. The molecule has 0 aliphatic carbocycles. The van der Waals surface area contributed by atoms with Crippen molar-refractivity contribution < 1.29 is 23.8 Å². The minimum atomic E-state index is -1.24. The number of hydrogen-bond donors (Lipinski definition) is 1. The third-order valence-corrected chi connectivity index (χ3v) is 7.28. The van der Waals surface area contributed by atoms with Crippen LogP contribution in [0.3, 0.4) is 0 Å². The van der Waals surface area contributed by atoms with Gasteiger partial charge in [0.25, 0.3) is 5.91 Å². The van der Waals surface area contributed by atoms with Gasteiger partial charge in [0.05, 0.1) is 33.6 Å². The molecule has 0 saturated carbocycles. The van der Waals surface area contributed by atoms with E-state index in [9.17, 15) is 9.59 Å². The van der Waals surface area contributed by atoms with Gasteiger partial charge in [-0.1, -0.05) is 54.6 Å². The number of para-hydroxylation sites is 1. The number of methoxy groups -OCH3 is 3. The molecule has 2 amide bonds. The lowest BCUT2D eigenvalue weighted by molar-refractivity contribution is -0.133. The monoisotopic (exact) mass is 540 g/mol. The van der Waals surface area contributed by atoms with E-state index in [1.165, 1.54) is 0 Å². The van der Waals surface area contributed by atoms with Crippen LogP contribution in [0.4, 0.5) is 0 Å². The van der Waals surface area contributed by atoms with Crippen molar-refractivity contribution in [3.05, 3.63) is 95.7 Å². The molecule has 0 unspecified atom stereocenters. The van der Waals surface area contributed by atoms with Gasteiger partial charge in [-0.05, 0) is 36.8 Å². The van der Waals surface area contributed by atoms with E-state index >= 15 is 0 Å². The van der Waals surface area contributed by atoms with Crippen molar-refractivity contribution in [3.8, 4) is 28.5 Å². The first-order valence-electron chi connectivity index (χ1n) is 12.9. The molecule has 3 aromatic carbocycles. The predicted octanol–water partition coefficient (Wildman–Crippen LogP) is 4.31. The normalized spacial score (nSPS) is 16.3. The van der Waals surface area contributed by atoms with Crippen LogP contribution >= 0.6 is 0 Å². The molecule has 1 aliphatic rings. The van der Waals surface area contributed by atoms with Crippen LogP contribution in [0.2, 0.25) is 0 Å². The molecule has 9 nitrogen and oxygen atoms in total. The molecule has 1 aromatic heterocycles. The molecular weight excluding hydrogens is 508 g/mol. The standard InChI is InChI=1S/C31H32N4O5/c1-31(30(37)32-18-23-12-8-9-13-26(23)38-2)20-35-25(17-24(33-35)22-10-6-5-7-11-22)29(36)34(31)19-21-14-15-27(39-3)28(16-21)40-4/h5-17H,18-20H2,1-4H3,(H,32,37)/t31-/m0/s1. The van der Waals surface area contributed by atoms with E-state index in [2.05, 4.69) is 5.32 Å². The van der Waals surface area contributed by atoms with Crippen LogP contribution in [0.25, 0.3) is 11.3 Å². The third kappa shape index (κ3) is 4.98. The molecule has 4 aromatic rings. The molecule has 206 valence electrons. The van der Waals surface area contributed by atoms with Crippen LogP contribution in [0.5, 0.6) is 17.2 Å². The number of rotatable bonds is 9. The van der Waals surface area contributed by atoms with Crippen LogP contribution in [0, 0.1) is 0 Å². The number of benzene rings is 3. The largest absolute Gasteiger partial charge is 0.496 e. The van der Waals surface area contributed by atoms with E-state index in [1.807, 2.05) is 66.7 Å². The molecule has 5 rings (SSSR count). The second kappa shape index (κ2) is 11.1. The van der Waals surface area contributed by atoms with Gasteiger partial charge in [0.2, 0.25) is 5.91 Å². The molecule has 1 atom stereocenters. The highest BCUT2D eigenvalue weighted by atomic mass is 16.5. The van der Waals surface area contributed by atoms with E-state index in [0.29, 0.717) is 28.6 Å². The van der Waals surface area contributed by atoms with Gasteiger partial charge >= 0.3 is 0 Å². The average molecular weight is 541 g/mol. The summed E-state index contributed by atoms with van der Waals surface area (Å²) in [5, 5.41) is 7.75. The Balaban J connectivity index is 1.51. The van der Waals surface area contributed by atoms with Crippen molar-refractivity contribution in [2.45, 2.75) is 32.1 Å². The molecule has 0 fully saturated rings. The average Bonchev–Trinajstić information content (AvgIpc) is 3.42. The number of hydrogen-bond acceptors (Lipinski definition) is 6. The van der Waals surface area contributed by atoms with Crippen LogP contribution in [0.1, 0.15) is 28.5 Å². The van der Waals surface area contributed by atoms with Crippen molar-refractivity contribution in [2.24, 2.45) is 0 Å². The summed E-state index contributed by atoms with van der Waals surface area (Å²) in [4.78, 5) is 29.6. The maximum Gasteiger partial charge on any atom is 0.273 e. The van der Waals surface area contributed by atoms with Gasteiger partial charge in [-0.25, -0.2) is 0 Å². The number of nitrogens with one attached hydrogen (secondary N) is 1. The molecule has 1 N–H and O–H groups in total. The van der Waals surface area contributed by atoms with E-state index in [4.69, 9.17) is 19.3 Å². The zero-order valence-electron chi connectivity index (χ0n) is 23.0. The lowest BCUT2D eigenvalue weighted by Gasteiger charge is -2.43. The molecule has 1 aliphatic heterocycles. The van der Waals surface area contributed by atoms with Crippen LogP contribution in [-0.2, 0) is 24.4 Å². The van der Waals surface area contributed by atoms with E-state index < -0.39 is 5.54 Å². The second-order valence-corrected chi connectivity index (χ2v) is 9.79. The number of carbonyl (C=O) groups is 2. The van der Waals surface area contributed by atoms with Crippen LogP contribution < -0.4 is 19.5 Å². The molecule has 40 heavy (non-hydrogen) atoms. The number of fused-ring (bicyclic) bond motifs is 1. The van der Waals surface area contributed by atoms with Crippen LogP contribution in [-0.4, -0.2) is 53.4 Å². The first-order chi connectivity index (χ1) is 19.4. The Morgan fingerprint density at radius 3 is 2.33 bits per heavy atom. The minimum Gasteiger partial charge on any atom is -0.496 e. The molecule has 0 saturated heterocycles. The van der Waals surface area contributed by atoms with Gasteiger partial charge in [-0.15, -0.1) is 0 Å². The number of nitrogens with zero attached hydrogens (tertiary/aromatic N) is 3. The van der Waals surface area contributed by atoms with E-state index in [1.54, 1.807) is 50.0 Å². The van der Waals surface area contributed by atoms with Crippen molar-refractivity contribution in [1.29, 1.82) is 0 Å². The van der Waals surface area contributed by atoms with E-state index in [0.717, 1.165) is 16.7 Å². The summed E-state index contributed by atoms with van der Waals surface area (Å²) in [6.45, 7) is 2.39. The first-order valence-corrected chi connectivity index (χ1v) is 12.9. The summed E-state index contributed by atoms with van der Waals surface area (Å²) >= 11 is 0. The number of ether oxygens (including phenoxy) is 3. The van der Waals surface area contributed by atoms with Gasteiger partial charge in [0, 0.05) is 24.2 Å². The Morgan fingerprint density at radius 2 is 1.60 bits per heavy atom. The van der Waals surface area contributed by atoms with Gasteiger partial charge in [0.1, 0.15) is 17.0 Å². The summed E-state index contributed by atoms with van der Waals surface area (Å²) in [7, 11) is 4.73. The third-order valence-electron chi connectivity index (χ3n) is 7.28. The Hall–Kier alpha value is -4.79. The second-order valence-electron chi connectivity index (χ2n) is 9.79. The molecule has 0 radical (unpaired) electrons. The summed E-state index contributed by atoms with van der Waals surface area (Å²) < 4.78 is 17.9. The Morgan fingerprint density at radius 1 is 0.900 bits per heavy atom. The number of aromatic nitrogens is 2. The summed E-state index contributed by atoms with van der Waals surface area (Å²) in [5.74, 6) is 1.22. The summed E-state index contributed by atoms with van der Waals surface area (Å²) in [5.41, 5.74) is 2.39. The fourth-order valence-electron chi connectivity index (χ4n) is 5.02. The predicted molar refractivity (Wildman–Crippen MR) is 150 cm³/mol. The molecular formula is C31H32N4O5. The van der Waals surface area contributed by atoms with Gasteiger partial charge in [0.15, 0.2) is 11.5 Å². The molecule has 0 spiro atoms. The minimum absolute atomic E-state index is 0.184. The fraction of sp³-hybridized carbons (Fsp3) is 0.258. The Bertz CT molecular complexity index is 1530. The highest BCUT2D eigenvalue weighted by Gasteiger charge is 2.48. The highest BCUT2D eigenvalue weighted by molar-refractivity contribution is 6.00. The Kier molecular flexibility index (Phi) is 7.46. The zero-order valence-corrected chi connectivity index (χ0v) is 23.0. The lowest BCUT2D eigenvalue weighted by atomic mass is 9.93. The van der Waals surface area contributed by atoms with Crippen molar-refractivity contribution in [1.82, 2.24) is 20.0 Å². The number of carbonyl (C=O) groups excluding carboxylic acids is 2. The SMILES string of the molecule is COc1ccccc1CNC(=O)[C@]1(C)Cn2nc(-c3ccccc3)cc2C(=O)N1Cc1ccc(OC)c(OC)c1. The fourth-order valence-corrected chi connectivity index (χ4v) is 5.02. The summed E-state index contributed by atoms with van der Waals surface area (Å²) in [6.07, 6.45) is 0. The topological polar surface area (TPSA) is 94.9 Å². The quantitative estimate of drug-likeness (QED) is 0.340. The van der Waals surface area contributed by atoms with Crippen molar-refractivity contribution in [2.75, 3.05) is 21.3 Å². The maximum absolute atomic E-state index is 14.0. The van der Waals surface area contributed by atoms with Crippen LogP contribution in [0.15, 0.2) is 78.9 Å². The summed E-state index contributed by atoms with van der Waals surface area (Å²) in [6, 6.07) is 24.4. The van der Waals surface area contributed by atoms with E-state index in [-0.39, 0.29) is 31.4 Å². The lowest BCUT2D eigenvalue weighted by Crippen LogP contribution is -2.63. The van der Waals surface area contributed by atoms with Gasteiger partial charge in [-0.2, -0.15) is 5.10 Å². The number of amides is 2. The molecule has 0 bridgehead atoms. The zero-order chi connectivity index (χ0) is 28.3. The van der Waals surface area contributed by atoms with Crippen molar-refractivity contribution in [3.63, 3.8) is 0 Å². The highest BCUT2D eigenvalue weighted by Crippen LogP contribution is 2.34. The van der Waals surface area contributed by atoms with Gasteiger partial charge < -0.3 is 24.4 Å². The Labute approximate surface area is 233 Å². The van der Waals surface area contributed by atoms with Crippen molar-refractivity contribution >= 4 is 11.8 Å².